The number of benzene rings is 1. The third-order valence-electron chi connectivity index (χ3n) is 2.92. The Balaban J connectivity index is 1.72. The SMILES string of the molecule is CSc1cccc(NC2N=C3C=CC(Br)=CC3S2)c1. The van der Waals surface area contributed by atoms with E-state index in [2.05, 4.69) is 63.9 Å². The number of fused-ring (bicyclic) bond motifs is 1. The van der Waals surface area contributed by atoms with Crippen LogP contribution in [0.2, 0.25) is 0 Å². The summed E-state index contributed by atoms with van der Waals surface area (Å²) >= 11 is 7.09. The molecule has 1 N–H and O–H groups in total. The minimum absolute atomic E-state index is 0.0939. The third kappa shape index (κ3) is 3.09. The van der Waals surface area contributed by atoms with E-state index in [0.717, 1.165) is 15.9 Å². The zero-order chi connectivity index (χ0) is 13.2. The van der Waals surface area contributed by atoms with Crippen molar-refractivity contribution in [3.8, 4) is 0 Å². The summed E-state index contributed by atoms with van der Waals surface area (Å²) in [6, 6.07) is 8.44. The van der Waals surface area contributed by atoms with Gasteiger partial charge in [-0.2, -0.15) is 0 Å². The first-order valence-electron chi connectivity index (χ1n) is 5.94. The van der Waals surface area contributed by atoms with Gasteiger partial charge >= 0.3 is 0 Å². The molecular formula is C14H13BrN2S2. The molecule has 1 aliphatic heterocycles. The molecule has 1 heterocycles. The molecule has 2 aliphatic rings. The number of hydrogen-bond donors (Lipinski definition) is 1. The molecule has 1 aliphatic carbocycles. The van der Waals surface area contributed by atoms with Crippen LogP contribution in [0, 0.1) is 0 Å². The molecule has 19 heavy (non-hydrogen) atoms. The van der Waals surface area contributed by atoms with Gasteiger partial charge < -0.3 is 5.32 Å². The lowest BCUT2D eigenvalue weighted by molar-refractivity contribution is 1.07. The summed E-state index contributed by atoms with van der Waals surface area (Å²) in [4.78, 5) is 5.97. The van der Waals surface area contributed by atoms with Crippen LogP contribution in [0.4, 0.5) is 5.69 Å². The fourth-order valence-corrected chi connectivity index (χ4v) is 4.20. The van der Waals surface area contributed by atoms with Gasteiger partial charge in [0.05, 0.1) is 11.0 Å². The summed E-state index contributed by atoms with van der Waals surface area (Å²) in [5.41, 5.74) is 2.36. The van der Waals surface area contributed by atoms with Crippen molar-refractivity contribution in [3.05, 3.63) is 47.0 Å². The minimum Gasteiger partial charge on any atom is -0.355 e. The van der Waals surface area contributed by atoms with E-state index in [1.54, 1.807) is 11.8 Å². The number of thioether (sulfide) groups is 2. The second kappa shape index (κ2) is 5.77. The molecule has 0 radical (unpaired) electrons. The van der Waals surface area contributed by atoms with E-state index in [-0.39, 0.29) is 5.50 Å². The molecule has 2 nitrogen and oxygen atoms in total. The maximum atomic E-state index is 4.70. The van der Waals surface area contributed by atoms with Crippen LogP contribution in [-0.4, -0.2) is 22.7 Å². The first kappa shape index (κ1) is 13.3. The van der Waals surface area contributed by atoms with Crippen molar-refractivity contribution in [2.24, 2.45) is 4.99 Å². The van der Waals surface area contributed by atoms with Crippen LogP contribution in [-0.2, 0) is 0 Å². The van der Waals surface area contributed by atoms with E-state index >= 15 is 0 Å². The molecule has 0 fully saturated rings. The lowest BCUT2D eigenvalue weighted by Crippen LogP contribution is -2.12. The summed E-state index contributed by atoms with van der Waals surface area (Å²) < 4.78 is 1.13. The standard InChI is InChI=1S/C14H13BrN2S2/c1-18-11-4-2-3-10(8-11)16-14-17-12-6-5-9(15)7-13(12)19-14/h2-8,13-14,16H,1H3. The van der Waals surface area contributed by atoms with Crippen molar-refractivity contribution in [1.29, 1.82) is 0 Å². The van der Waals surface area contributed by atoms with Crippen molar-refractivity contribution in [2.75, 3.05) is 11.6 Å². The Morgan fingerprint density at radius 2 is 2.26 bits per heavy atom. The number of allylic oxidation sites excluding steroid dienone is 3. The molecule has 2 atom stereocenters. The minimum atomic E-state index is 0.0939. The number of rotatable bonds is 3. The summed E-state index contributed by atoms with van der Waals surface area (Å²) in [6.45, 7) is 0. The fourth-order valence-electron chi connectivity index (χ4n) is 2.00. The van der Waals surface area contributed by atoms with Gasteiger partial charge in [0.1, 0.15) is 0 Å². The van der Waals surface area contributed by atoms with Crippen molar-refractivity contribution in [1.82, 2.24) is 0 Å². The molecule has 0 spiro atoms. The highest BCUT2D eigenvalue weighted by Crippen LogP contribution is 2.34. The number of nitrogens with one attached hydrogen (secondary N) is 1. The van der Waals surface area contributed by atoms with Crippen LogP contribution < -0.4 is 5.32 Å². The largest absolute Gasteiger partial charge is 0.355 e. The zero-order valence-corrected chi connectivity index (χ0v) is 13.6. The number of hydrogen-bond acceptors (Lipinski definition) is 4. The van der Waals surface area contributed by atoms with Gasteiger partial charge in [0.15, 0.2) is 5.50 Å². The molecule has 0 aromatic heterocycles. The second-order valence-corrected chi connectivity index (χ2v) is 7.25. The van der Waals surface area contributed by atoms with Crippen molar-refractivity contribution in [3.63, 3.8) is 0 Å². The van der Waals surface area contributed by atoms with Gasteiger partial charge in [-0.25, -0.2) is 0 Å². The van der Waals surface area contributed by atoms with Crippen LogP contribution in [0.25, 0.3) is 0 Å². The van der Waals surface area contributed by atoms with E-state index in [1.165, 1.54) is 4.90 Å². The van der Waals surface area contributed by atoms with Gasteiger partial charge in [-0.15, -0.1) is 11.8 Å². The molecule has 5 heteroatoms. The van der Waals surface area contributed by atoms with Gasteiger partial charge in [0, 0.05) is 15.1 Å². The topological polar surface area (TPSA) is 24.4 Å². The average molecular weight is 353 g/mol. The number of halogens is 1. The first-order chi connectivity index (χ1) is 9.24. The summed E-state index contributed by atoms with van der Waals surface area (Å²) in [6.07, 6.45) is 8.42. The van der Waals surface area contributed by atoms with Crippen molar-refractivity contribution < 1.29 is 0 Å². The zero-order valence-electron chi connectivity index (χ0n) is 10.3. The Labute approximate surface area is 130 Å². The van der Waals surface area contributed by atoms with Gasteiger partial charge in [0.2, 0.25) is 0 Å². The van der Waals surface area contributed by atoms with Gasteiger partial charge in [-0.1, -0.05) is 39.8 Å². The molecule has 0 bridgehead atoms. The monoisotopic (exact) mass is 352 g/mol. The molecule has 0 amide bonds. The van der Waals surface area contributed by atoms with E-state index < -0.39 is 0 Å². The van der Waals surface area contributed by atoms with Crippen LogP contribution >= 0.6 is 39.5 Å². The Kier molecular flexibility index (Phi) is 4.05. The Bertz CT molecular complexity index is 581. The number of aliphatic imine (C=N–C) groups is 1. The van der Waals surface area contributed by atoms with Crippen LogP contribution in [0.5, 0.6) is 0 Å². The average Bonchev–Trinajstić information content (AvgIpc) is 2.80. The Morgan fingerprint density at radius 3 is 3.11 bits per heavy atom. The highest BCUT2D eigenvalue weighted by atomic mass is 79.9. The highest BCUT2D eigenvalue weighted by Gasteiger charge is 2.27. The van der Waals surface area contributed by atoms with E-state index in [9.17, 15) is 0 Å². The Hall–Kier alpha value is -0.650. The van der Waals surface area contributed by atoms with Crippen molar-refractivity contribution in [2.45, 2.75) is 15.6 Å². The normalized spacial score (nSPS) is 24.7. The third-order valence-corrected chi connectivity index (χ3v) is 5.32. The van der Waals surface area contributed by atoms with Crippen molar-refractivity contribution >= 4 is 50.9 Å². The maximum Gasteiger partial charge on any atom is 0.167 e. The lowest BCUT2D eigenvalue weighted by Gasteiger charge is -2.13. The second-order valence-electron chi connectivity index (χ2n) is 4.22. The molecule has 0 saturated carbocycles. The molecule has 2 unspecified atom stereocenters. The van der Waals surface area contributed by atoms with Crippen LogP contribution in [0.1, 0.15) is 0 Å². The van der Waals surface area contributed by atoms with Gasteiger partial charge in [-0.05, 0) is 36.6 Å². The molecule has 1 aromatic carbocycles. The van der Waals surface area contributed by atoms with E-state index in [1.807, 2.05) is 17.8 Å². The van der Waals surface area contributed by atoms with Crippen LogP contribution in [0.3, 0.4) is 0 Å². The summed E-state index contributed by atoms with van der Waals surface area (Å²) in [5, 5.41) is 3.83. The summed E-state index contributed by atoms with van der Waals surface area (Å²) in [5.74, 6) is 0. The highest BCUT2D eigenvalue weighted by molar-refractivity contribution is 9.11. The molecule has 0 saturated heterocycles. The number of nitrogens with zero attached hydrogens (tertiary/aromatic N) is 1. The Morgan fingerprint density at radius 1 is 1.37 bits per heavy atom. The predicted octanol–water partition coefficient (Wildman–Crippen LogP) is 4.51. The first-order valence-corrected chi connectivity index (χ1v) is 8.90. The molecular weight excluding hydrogens is 340 g/mol. The summed E-state index contributed by atoms with van der Waals surface area (Å²) in [7, 11) is 0. The molecule has 98 valence electrons. The number of anilines is 1. The molecule has 3 rings (SSSR count). The quantitative estimate of drug-likeness (QED) is 0.810. The van der Waals surface area contributed by atoms with Gasteiger partial charge in [-0.3, -0.25) is 4.99 Å². The van der Waals surface area contributed by atoms with Crippen LogP contribution in [0.15, 0.2) is 56.9 Å². The maximum absolute atomic E-state index is 4.70. The van der Waals surface area contributed by atoms with E-state index in [4.69, 9.17) is 4.99 Å². The fraction of sp³-hybridized carbons (Fsp3) is 0.214. The smallest absolute Gasteiger partial charge is 0.167 e. The van der Waals surface area contributed by atoms with Gasteiger partial charge in [0.25, 0.3) is 0 Å². The lowest BCUT2D eigenvalue weighted by atomic mass is 10.1. The predicted molar refractivity (Wildman–Crippen MR) is 90.6 cm³/mol. The van der Waals surface area contributed by atoms with E-state index in [0.29, 0.717) is 5.25 Å². The molecule has 1 aromatic rings.